The molecule has 0 heterocycles. The lowest BCUT2D eigenvalue weighted by Crippen LogP contribution is -2.34. The zero-order valence-corrected chi connectivity index (χ0v) is 11.5. The van der Waals surface area contributed by atoms with Crippen LogP contribution in [0.2, 0.25) is 5.02 Å². The number of carboxylic acid groups (broad SMARTS) is 1. The summed E-state index contributed by atoms with van der Waals surface area (Å²) in [5.74, 6) is -1.06. The third-order valence-electron chi connectivity index (χ3n) is 2.28. The highest BCUT2D eigenvalue weighted by molar-refractivity contribution is 7.89. The molecule has 0 fully saturated rings. The van der Waals surface area contributed by atoms with Crippen LogP contribution in [0.4, 0.5) is 0 Å². The quantitative estimate of drug-likeness (QED) is 0.866. The minimum absolute atomic E-state index is 0.0623. The lowest BCUT2D eigenvalue weighted by molar-refractivity contribution is -0.137. The van der Waals surface area contributed by atoms with Gasteiger partial charge in [-0.05, 0) is 31.5 Å². The van der Waals surface area contributed by atoms with E-state index in [0.29, 0.717) is 10.6 Å². The monoisotopic (exact) mass is 291 g/mol. The van der Waals surface area contributed by atoms with Gasteiger partial charge in [-0.1, -0.05) is 17.7 Å². The van der Waals surface area contributed by atoms with Crippen molar-refractivity contribution < 1.29 is 18.3 Å². The summed E-state index contributed by atoms with van der Waals surface area (Å²) in [6, 6.07) is 3.84. The number of nitrogens with one attached hydrogen (secondary N) is 1. The van der Waals surface area contributed by atoms with Gasteiger partial charge in [0.25, 0.3) is 0 Å². The standard InChI is InChI=1S/C11H14ClNO4S/c1-7-3-4-9(12)6-10(7)18(16,17)13-8(2)5-11(14)15/h3-4,6,8,13H,5H2,1-2H3,(H,14,15). The molecule has 0 aliphatic rings. The summed E-state index contributed by atoms with van der Waals surface area (Å²) in [6.45, 7) is 3.14. The van der Waals surface area contributed by atoms with Gasteiger partial charge in [0.2, 0.25) is 10.0 Å². The van der Waals surface area contributed by atoms with Crippen molar-refractivity contribution >= 4 is 27.6 Å². The van der Waals surface area contributed by atoms with Crippen molar-refractivity contribution in [1.29, 1.82) is 0 Å². The normalized spacial score (nSPS) is 13.3. The summed E-state index contributed by atoms with van der Waals surface area (Å²) >= 11 is 5.76. The second-order valence-corrected chi connectivity index (χ2v) is 6.15. The fourth-order valence-corrected chi connectivity index (χ4v) is 3.25. The maximum atomic E-state index is 12.0. The van der Waals surface area contributed by atoms with Gasteiger partial charge in [0.15, 0.2) is 0 Å². The number of sulfonamides is 1. The van der Waals surface area contributed by atoms with Crippen LogP contribution in [0.25, 0.3) is 0 Å². The van der Waals surface area contributed by atoms with Crippen molar-refractivity contribution in [3.05, 3.63) is 28.8 Å². The molecule has 5 nitrogen and oxygen atoms in total. The first kappa shape index (κ1) is 14.9. The molecule has 1 unspecified atom stereocenters. The predicted molar refractivity (Wildman–Crippen MR) is 68.2 cm³/mol. The zero-order valence-electron chi connectivity index (χ0n) is 9.97. The van der Waals surface area contributed by atoms with E-state index >= 15 is 0 Å². The van der Waals surface area contributed by atoms with E-state index in [1.807, 2.05) is 0 Å². The second-order valence-electron chi connectivity index (χ2n) is 4.03. The van der Waals surface area contributed by atoms with Gasteiger partial charge < -0.3 is 5.11 Å². The minimum Gasteiger partial charge on any atom is -0.481 e. The van der Waals surface area contributed by atoms with Gasteiger partial charge in [-0.2, -0.15) is 0 Å². The molecule has 2 N–H and O–H groups in total. The third-order valence-corrected chi connectivity index (χ3v) is 4.24. The van der Waals surface area contributed by atoms with Crippen molar-refractivity contribution in [2.75, 3.05) is 0 Å². The van der Waals surface area contributed by atoms with Crippen LogP contribution < -0.4 is 4.72 Å². The Hall–Kier alpha value is -1.11. The zero-order chi connectivity index (χ0) is 13.9. The summed E-state index contributed by atoms with van der Waals surface area (Å²) in [6.07, 6.45) is -0.279. The highest BCUT2D eigenvalue weighted by Crippen LogP contribution is 2.20. The molecule has 0 aliphatic carbocycles. The Balaban J connectivity index is 2.99. The van der Waals surface area contributed by atoms with E-state index in [9.17, 15) is 13.2 Å². The van der Waals surface area contributed by atoms with Crippen LogP contribution in [-0.4, -0.2) is 25.5 Å². The number of benzene rings is 1. The molecule has 0 saturated carbocycles. The largest absolute Gasteiger partial charge is 0.481 e. The maximum absolute atomic E-state index is 12.0. The Kier molecular flexibility index (Phi) is 4.72. The number of hydrogen-bond acceptors (Lipinski definition) is 3. The highest BCUT2D eigenvalue weighted by atomic mass is 35.5. The topological polar surface area (TPSA) is 83.5 Å². The molecule has 7 heteroatoms. The highest BCUT2D eigenvalue weighted by Gasteiger charge is 2.21. The molecule has 1 aromatic carbocycles. The molecule has 18 heavy (non-hydrogen) atoms. The molecule has 1 atom stereocenters. The fourth-order valence-electron chi connectivity index (χ4n) is 1.50. The Morgan fingerprint density at radius 1 is 1.50 bits per heavy atom. The van der Waals surface area contributed by atoms with Crippen LogP contribution in [0.1, 0.15) is 18.9 Å². The molecule has 0 spiro atoms. The summed E-state index contributed by atoms with van der Waals surface area (Å²) < 4.78 is 26.4. The predicted octanol–water partition coefficient (Wildman–Crippen LogP) is 1.79. The number of aryl methyl sites for hydroxylation is 1. The van der Waals surface area contributed by atoms with E-state index in [2.05, 4.69) is 4.72 Å². The van der Waals surface area contributed by atoms with E-state index in [0.717, 1.165) is 0 Å². The smallest absolute Gasteiger partial charge is 0.304 e. The average Bonchev–Trinajstić information content (AvgIpc) is 2.19. The fraction of sp³-hybridized carbons (Fsp3) is 0.364. The summed E-state index contributed by atoms with van der Waals surface area (Å²) in [5.41, 5.74) is 0.550. The number of aliphatic carboxylic acids is 1. The van der Waals surface area contributed by atoms with Crippen LogP contribution in [0.5, 0.6) is 0 Å². The van der Waals surface area contributed by atoms with Gasteiger partial charge in [0, 0.05) is 11.1 Å². The van der Waals surface area contributed by atoms with Gasteiger partial charge in [-0.25, -0.2) is 13.1 Å². The van der Waals surface area contributed by atoms with E-state index in [1.165, 1.54) is 13.0 Å². The van der Waals surface area contributed by atoms with Crippen LogP contribution in [0.15, 0.2) is 23.1 Å². The van der Waals surface area contributed by atoms with Gasteiger partial charge in [-0.3, -0.25) is 4.79 Å². The molecular weight excluding hydrogens is 278 g/mol. The van der Waals surface area contributed by atoms with Crippen molar-refractivity contribution in [2.24, 2.45) is 0 Å². The van der Waals surface area contributed by atoms with E-state index in [4.69, 9.17) is 16.7 Å². The molecular formula is C11H14ClNO4S. The molecule has 0 radical (unpaired) electrons. The van der Waals surface area contributed by atoms with E-state index in [1.54, 1.807) is 19.1 Å². The molecule has 100 valence electrons. The minimum atomic E-state index is -3.76. The lowest BCUT2D eigenvalue weighted by Gasteiger charge is -2.14. The second kappa shape index (κ2) is 5.69. The molecule has 0 aromatic heterocycles. The first-order chi connectivity index (χ1) is 8.22. The molecule has 0 bridgehead atoms. The van der Waals surface area contributed by atoms with Gasteiger partial charge in [0.1, 0.15) is 0 Å². The van der Waals surface area contributed by atoms with Gasteiger partial charge in [0.05, 0.1) is 11.3 Å². The van der Waals surface area contributed by atoms with Crippen molar-refractivity contribution in [2.45, 2.75) is 31.2 Å². The van der Waals surface area contributed by atoms with Crippen molar-refractivity contribution in [3.63, 3.8) is 0 Å². The Bertz CT molecular complexity index is 556. The van der Waals surface area contributed by atoms with Crippen LogP contribution in [-0.2, 0) is 14.8 Å². The number of rotatable bonds is 5. The van der Waals surface area contributed by atoms with Crippen molar-refractivity contribution in [1.82, 2.24) is 4.72 Å². The van der Waals surface area contributed by atoms with Crippen LogP contribution in [0.3, 0.4) is 0 Å². The summed E-state index contributed by atoms with van der Waals surface area (Å²) in [7, 11) is -3.76. The first-order valence-electron chi connectivity index (χ1n) is 5.22. The summed E-state index contributed by atoms with van der Waals surface area (Å²) in [5, 5.41) is 8.91. The van der Waals surface area contributed by atoms with Crippen molar-refractivity contribution in [3.8, 4) is 0 Å². The first-order valence-corrected chi connectivity index (χ1v) is 7.09. The van der Waals surface area contributed by atoms with E-state index in [-0.39, 0.29) is 11.3 Å². The number of carboxylic acids is 1. The Morgan fingerprint density at radius 2 is 2.11 bits per heavy atom. The SMILES string of the molecule is Cc1ccc(Cl)cc1S(=O)(=O)NC(C)CC(=O)O. The molecule has 0 aliphatic heterocycles. The van der Waals surface area contributed by atoms with Crippen LogP contribution >= 0.6 is 11.6 Å². The number of hydrogen-bond donors (Lipinski definition) is 2. The van der Waals surface area contributed by atoms with E-state index < -0.39 is 22.0 Å². The average molecular weight is 292 g/mol. The molecule has 0 amide bonds. The van der Waals surface area contributed by atoms with Crippen LogP contribution in [0, 0.1) is 6.92 Å². The number of carbonyl (C=O) groups is 1. The number of halogens is 1. The summed E-state index contributed by atoms with van der Waals surface area (Å²) in [4.78, 5) is 10.6. The maximum Gasteiger partial charge on any atom is 0.304 e. The molecule has 1 rings (SSSR count). The Morgan fingerprint density at radius 3 is 2.67 bits per heavy atom. The van der Waals surface area contributed by atoms with Gasteiger partial charge >= 0.3 is 5.97 Å². The third kappa shape index (κ3) is 3.97. The lowest BCUT2D eigenvalue weighted by atomic mass is 10.2. The molecule has 1 aromatic rings. The molecule has 0 saturated heterocycles. The van der Waals surface area contributed by atoms with Gasteiger partial charge in [-0.15, -0.1) is 0 Å². The Labute approximate surface area is 111 Å².